The summed E-state index contributed by atoms with van der Waals surface area (Å²) in [5, 5.41) is 9.30. The van der Waals surface area contributed by atoms with Crippen LogP contribution < -0.4 is 5.73 Å². The monoisotopic (exact) mass is 147 g/mol. The highest BCUT2D eigenvalue weighted by molar-refractivity contribution is 5.04. The van der Waals surface area contributed by atoms with Gasteiger partial charge in [0.05, 0.1) is 6.10 Å². The van der Waals surface area contributed by atoms with E-state index in [0.717, 1.165) is 0 Å². The SMILES string of the molecule is CC1(C(O)CCN)CC1F. The third kappa shape index (κ3) is 1.16. The molecule has 2 nitrogen and oxygen atoms in total. The lowest BCUT2D eigenvalue weighted by atomic mass is 9.99. The number of nitrogens with two attached hydrogens (primary N) is 1. The van der Waals surface area contributed by atoms with Crippen LogP contribution in [-0.4, -0.2) is 23.9 Å². The van der Waals surface area contributed by atoms with Crippen molar-refractivity contribution in [2.45, 2.75) is 32.0 Å². The van der Waals surface area contributed by atoms with Gasteiger partial charge in [-0.3, -0.25) is 0 Å². The summed E-state index contributed by atoms with van der Waals surface area (Å²) in [5.41, 5.74) is 4.74. The molecule has 3 heteroatoms. The number of alkyl halides is 1. The molecule has 0 aromatic rings. The van der Waals surface area contributed by atoms with Crippen LogP contribution in [0.5, 0.6) is 0 Å². The molecule has 0 amide bonds. The molecule has 0 saturated heterocycles. The highest BCUT2D eigenvalue weighted by Gasteiger charge is 2.55. The third-order valence-electron chi connectivity index (χ3n) is 2.38. The van der Waals surface area contributed by atoms with Gasteiger partial charge < -0.3 is 10.8 Å². The number of hydrogen-bond donors (Lipinski definition) is 2. The highest BCUT2D eigenvalue weighted by Crippen LogP contribution is 2.51. The Hall–Kier alpha value is -0.150. The van der Waals surface area contributed by atoms with Gasteiger partial charge in [0.25, 0.3) is 0 Å². The first-order valence-corrected chi connectivity index (χ1v) is 3.63. The van der Waals surface area contributed by atoms with E-state index in [2.05, 4.69) is 0 Å². The molecule has 0 bridgehead atoms. The normalized spacial score (nSPS) is 41.4. The van der Waals surface area contributed by atoms with Gasteiger partial charge in [0.15, 0.2) is 0 Å². The Kier molecular flexibility index (Phi) is 1.97. The van der Waals surface area contributed by atoms with Crippen molar-refractivity contribution in [2.75, 3.05) is 6.54 Å². The molecule has 0 aromatic carbocycles. The van der Waals surface area contributed by atoms with E-state index < -0.39 is 17.7 Å². The fourth-order valence-electron chi connectivity index (χ4n) is 1.16. The molecule has 3 unspecified atom stereocenters. The maximum absolute atomic E-state index is 12.5. The van der Waals surface area contributed by atoms with Crippen molar-refractivity contribution in [3.05, 3.63) is 0 Å². The Balaban J connectivity index is 2.34. The number of aliphatic hydroxyl groups excluding tert-OH is 1. The van der Waals surface area contributed by atoms with Crippen LogP contribution in [-0.2, 0) is 0 Å². The van der Waals surface area contributed by atoms with E-state index in [-0.39, 0.29) is 0 Å². The van der Waals surface area contributed by atoms with Crippen LogP contribution in [0, 0.1) is 5.41 Å². The first-order valence-electron chi connectivity index (χ1n) is 3.63. The van der Waals surface area contributed by atoms with Crippen LogP contribution >= 0.6 is 0 Å². The van der Waals surface area contributed by atoms with Crippen LogP contribution in [0.25, 0.3) is 0 Å². The third-order valence-corrected chi connectivity index (χ3v) is 2.38. The molecule has 0 heterocycles. The minimum absolute atomic E-state index is 0.434. The lowest BCUT2D eigenvalue weighted by Gasteiger charge is -2.15. The Bertz CT molecular complexity index is 131. The summed E-state index contributed by atoms with van der Waals surface area (Å²) < 4.78 is 12.5. The van der Waals surface area contributed by atoms with Gasteiger partial charge in [0.2, 0.25) is 0 Å². The summed E-state index contributed by atoms with van der Waals surface area (Å²) >= 11 is 0. The second-order valence-corrected chi connectivity index (χ2v) is 3.27. The van der Waals surface area contributed by atoms with Crippen molar-refractivity contribution in [1.82, 2.24) is 0 Å². The summed E-state index contributed by atoms with van der Waals surface area (Å²) in [6, 6.07) is 0. The van der Waals surface area contributed by atoms with Gasteiger partial charge in [-0.2, -0.15) is 0 Å². The van der Waals surface area contributed by atoms with E-state index in [1.807, 2.05) is 0 Å². The topological polar surface area (TPSA) is 46.2 Å². The van der Waals surface area contributed by atoms with Crippen molar-refractivity contribution >= 4 is 0 Å². The molecule has 0 spiro atoms. The molecule has 0 radical (unpaired) electrons. The summed E-state index contributed by atoms with van der Waals surface area (Å²) in [5.74, 6) is 0. The second kappa shape index (κ2) is 2.47. The smallest absolute Gasteiger partial charge is 0.109 e. The Morgan fingerprint density at radius 1 is 1.90 bits per heavy atom. The van der Waals surface area contributed by atoms with Crippen molar-refractivity contribution in [3.8, 4) is 0 Å². The molecule has 1 aliphatic carbocycles. The zero-order chi connectivity index (χ0) is 7.78. The maximum Gasteiger partial charge on any atom is 0.109 e. The molecule has 60 valence electrons. The van der Waals surface area contributed by atoms with Crippen molar-refractivity contribution in [3.63, 3.8) is 0 Å². The predicted octanol–water partition coefficient (Wildman–Crippen LogP) is 0.444. The quantitative estimate of drug-likeness (QED) is 0.608. The van der Waals surface area contributed by atoms with Crippen LogP contribution in [0.15, 0.2) is 0 Å². The average Bonchev–Trinajstić information content (AvgIpc) is 2.43. The van der Waals surface area contributed by atoms with Crippen molar-refractivity contribution in [1.29, 1.82) is 0 Å². The highest BCUT2D eigenvalue weighted by atomic mass is 19.1. The molecule has 1 aliphatic rings. The molecule has 3 atom stereocenters. The van der Waals surface area contributed by atoms with E-state index in [1.54, 1.807) is 6.92 Å². The van der Waals surface area contributed by atoms with Gasteiger partial charge in [-0.15, -0.1) is 0 Å². The van der Waals surface area contributed by atoms with Gasteiger partial charge in [-0.1, -0.05) is 6.92 Å². The molecule has 1 saturated carbocycles. The molecule has 1 fully saturated rings. The van der Waals surface area contributed by atoms with E-state index in [9.17, 15) is 9.50 Å². The Morgan fingerprint density at radius 3 is 2.70 bits per heavy atom. The zero-order valence-electron chi connectivity index (χ0n) is 6.18. The molecular weight excluding hydrogens is 133 g/mol. The number of hydrogen-bond acceptors (Lipinski definition) is 2. The molecular formula is C7H14FNO. The van der Waals surface area contributed by atoms with Gasteiger partial charge in [-0.05, 0) is 19.4 Å². The van der Waals surface area contributed by atoms with Gasteiger partial charge in [0.1, 0.15) is 6.17 Å². The van der Waals surface area contributed by atoms with Crippen molar-refractivity contribution < 1.29 is 9.50 Å². The van der Waals surface area contributed by atoms with Gasteiger partial charge >= 0.3 is 0 Å². The largest absolute Gasteiger partial charge is 0.392 e. The van der Waals surface area contributed by atoms with Crippen LogP contribution in [0.3, 0.4) is 0 Å². The summed E-state index contributed by atoms with van der Waals surface area (Å²) in [6.45, 7) is 2.20. The molecule has 1 rings (SSSR count). The fourth-order valence-corrected chi connectivity index (χ4v) is 1.16. The predicted molar refractivity (Wildman–Crippen MR) is 37.3 cm³/mol. The van der Waals surface area contributed by atoms with E-state index in [4.69, 9.17) is 5.73 Å². The number of aliphatic hydroxyl groups is 1. The maximum atomic E-state index is 12.5. The summed E-state index contributed by atoms with van der Waals surface area (Å²) in [7, 11) is 0. The molecule has 0 aliphatic heterocycles. The summed E-state index contributed by atoms with van der Waals surface area (Å²) in [6.07, 6.45) is -0.355. The Morgan fingerprint density at radius 2 is 2.40 bits per heavy atom. The minimum atomic E-state index is -0.811. The van der Waals surface area contributed by atoms with Gasteiger partial charge in [0, 0.05) is 5.41 Å². The van der Waals surface area contributed by atoms with E-state index in [0.29, 0.717) is 19.4 Å². The van der Waals surface area contributed by atoms with Crippen LogP contribution in [0.4, 0.5) is 4.39 Å². The second-order valence-electron chi connectivity index (χ2n) is 3.27. The molecule has 3 N–H and O–H groups in total. The number of halogens is 1. The first kappa shape index (κ1) is 7.95. The lowest BCUT2D eigenvalue weighted by molar-refractivity contribution is 0.0816. The summed E-state index contributed by atoms with van der Waals surface area (Å²) in [4.78, 5) is 0. The number of rotatable bonds is 3. The zero-order valence-corrected chi connectivity index (χ0v) is 6.18. The van der Waals surface area contributed by atoms with Crippen LogP contribution in [0.2, 0.25) is 0 Å². The lowest BCUT2D eigenvalue weighted by Crippen LogP contribution is -2.24. The molecule has 0 aromatic heterocycles. The van der Waals surface area contributed by atoms with E-state index >= 15 is 0 Å². The first-order chi connectivity index (χ1) is 4.61. The van der Waals surface area contributed by atoms with Crippen LogP contribution in [0.1, 0.15) is 19.8 Å². The Labute approximate surface area is 60.2 Å². The van der Waals surface area contributed by atoms with Crippen molar-refractivity contribution in [2.24, 2.45) is 11.1 Å². The van der Waals surface area contributed by atoms with Gasteiger partial charge in [-0.25, -0.2) is 4.39 Å². The average molecular weight is 147 g/mol. The molecule has 10 heavy (non-hydrogen) atoms. The standard InChI is InChI=1S/C7H14FNO/c1-7(4-5(7)8)6(10)2-3-9/h5-6,10H,2-4,9H2,1H3. The minimum Gasteiger partial charge on any atom is -0.392 e. The van der Waals surface area contributed by atoms with E-state index in [1.165, 1.54) is 0 Å². The fraction of sp³-hybridized carbons (Fsp3) is 1.00.